The van der Waals surface area contributed by atoms with Gasteiger partial charge in [0.25, 0.3) is 0 Å². The van der Waals surface area contributed by atoms with E-state index < -0.39 is 24.0 Å². The van der Waals surface area contributed by atoms with Gasteiger partial charge >= 0.3 is 5.97 Å². The van der Waals surface area contributed by atoms with Gasteiger partial charge in [0.15, 0.2) is 0 Å². The highest BCUT2D eigenvalue weighted by molar-refractivity contribution is 5.87. The standard InChI is InChI=1S/C12H14FNO4/c13-9-2-1-7(12(17)18)3-8(9)4-14-5-10(15)11(16)6-14/h1-3,10-11,15-16H,4-6H2,(H,17,18). The third kappa shape index (κ3) is 2.66. The van der Waals surface area contributed by atoms with Crippen LogP contribution in [-0.2, 0) is 6.54 Å². The topological polar surface area (TPSA) is 81.0 Å². The molecule has 0 radical (unpaired) electrons. The Bertz CT molecular complexity index is 455. The summed E-state index contributed by atoms with van der Waals surface area (Å²) in [6, 6.07) is 3.59. The molecule has 0 aliphatic carbocycles. The number of β-amino-alcohol motifs (C(OH)–C–C–N with tert-alkyl or cyclic N) is 2. The molecule has 98 valence electrons. The molecule has 1 saturated heterocycles. The van der Waals surface area contributed by atoms with E-state index in [1.165, 1.54) is 12.1 Å². The van der Waals surface area contributed by atoms with Crippen LogP contribution in [0.3, 0.4) is 0 Å². The van der Waals surface area contributed by atoms with Gasteiger partial charge in [-0.25, -0.2) is 9.18 Å². The van der Waals surface area contributed by atoms with E-state index >= 15 is 0 Å². The molecule has 18 heavy (non-hydrogen) atoms. The van der Waals surface area contributed by atoms with Crippen LogP contribution >= 0.6 is 0 Å². The van der Waals surface area contributed by atoms with Gasteiger partial charge in [0, 0.05) is 25.2 Å². The normalized spacial score (nSPS) is 24.4. The maximum atomic E-state index is 13.5. The van der Waals surface area contributed by atoms with Gasteiger partial charge < -0.3 is 15.3 Å². The van der Waals surface area contributed by atoms with Gasteiger partial charge in [-0.05, 0) is 18.2 Å². The minimum absolute atomic E-state index is 0.0201. The molecule has 5 nitrogen and oxygen atoms in total. The maximum absolute atomic E-state index is 13.5. The van der Waals surface area contributed by atoms with Crippen LogP contribution in [0.15, 0.2) is 18.2 Å². The minimum Gasteiger partial charge on any atom is -0.478 e. The number of aliphatic hydroxyl groups is 2. The SMILES string of the molecule is O=C(O)c1ccc(F)c(CN2CC(O)C(O)C2)c1. The molecule has 6 heteroatoms. The van der Waals surface area contributed by atoms with Gasteiger partial charge in [0.1, 0.15) is 5.82 Å². The average molecular weight is 255 g/mol. The molecule has 1 heterocycles. The van der Waals surface area contributed by atoms with E-state index in [0.717, 1.165) is 6.07 Å². The lowest BCUT2D eigenvalue weighted by atomic mass is 10.1. The average Bonchev–Trinajstić information content (AvgIpc) is 2.61. The first-order valence-electron chi connectivity index (χ1n) is 5.57. The van der Waals surface area contributed by atoms with Crippen molar-refractivity contribution in [2.75, 3.05) is 13.1 Å². The van der Waals surface area contributed by atoms with Crippen molar-refractivity contribution >= 4 is 5.97 Å². The molecular formula is C12H14FNO4. The maximum Gasteiger partial charge on any atom is 0.335 e. The summed E-state index contributed by atoms with van der Waals surface area (Å²) in [5.41, 5.74) is 0.267. The molecule has 2 rings (SSSR count). The van der Waals surface area contributed by atoms with E-state index in [2.05, 4.69) is 0 Å². The van der Waals surface area contributed by atoms with Gasteiger partial charge in [-0.2, -0.15) is 0 Å². The van der Waals surface area contributed by atoms with Crippen LogP contribution in [-0.4, -0.2) is 51.5 Å². The van der Waals surface area contributed by atoms with Crippen LogP contribution < -0.4 is 0 Å². The summed E-state index contributed by atoms with van der Waals surface area (Å²) >= 11 is 0. The number of carboxylic acid groups (broad SMARTS) is 1. The second kappa shape index (κ2) is 5.01. The lowest BCUT2D eigenvalue weighted by molar-refractivity contribution is 0.0572. The second-order valence-electron chi connectivity index (χ2n) is 4.44. The third-order valence-electron chi connectivity index (χ3n) is 3.02. The Hall–Kier alpha value is -1.50. The predicted octanol–water partition coefficient (Wildman–Crippen LogP) is 0.0613. The Balaban J connectivity index is 2.14. The molecule has 2 unspecified atom stereocenters. The zero-order valence-corrected chi connectivity index (χ0v) is 9.58. The predicted molar refractivity (Wildman–Crippen MR) is 60.6 cm³/mol. The molecule has 2 atom stereocenters. The number of likely N-dealkylation sites (tertiary alicyclic amines) is 1. The fourth-order valence-electron chi connectivity index (χ4n) is 2.05. The van der Waals surface area contributed by atoms with Crippen LogP contribution in [0.25, 0.3) is 0 Å². The molecule has 1 aliphatic rings. The number of aromatic carboxylic acids is 1. The molecule has 1 aliphatic heterocycles. The van der Waals surface area contributed by atoms with Gasteiger partial charge in [0.2, 0.25) is 0 Å². The third-order valence-corrected chi connectivity index (χ3v) is 3.02. The zero-order valence-electron chi connectivity index (χ0n) is 9.58. The quantitative estimate of drug-likeness (QED) is 0.711. The molecular weight excluding hydrogens is 241 g/mol. The molecule has 1 aromatic carbocycles. The molecule has 0 amide bonds. The summed E-state index contributed by atoms with van der Waals surface area (Å²) in [5, 5.41) is 27.6. The summed E-state index contributed by atoms with van der Waals surface area (Å²) < 4.78 is 13.5. The van der Waals surface area contributed by atoms with E-state index in [9.17, 15) is 19.4 Å². The lowest BCUT2D eigenvalue weighted by Crippen LogP contribution is -2.22. The van der Waals surface area contributed by atoms with Crippen LogP contribution in [0.1, 0.15) is 15.9 Å². The summed E-state index contributed by atoms with van der Waals surface area (Å²) in [6.07, 6.45) is -1.67. The fraction of sp³-hybridized carbons (Fsp3) is 0.417. The minimum atomic E-state index is -1.11. The van der Waals surface area contributed by atoms with Crippen molar-refractivity contribution in [3.8, 4) is 0 Å². The highest BCUT2D eigenvalue weighted by Gasteiger charge is 2.29. The summed E-state index contributed by atoms with van der Waals surface area (Å²) in [7, 11) is 0. The van der Waals surface area contributed by atoms with E-state index in [-0.39, 0.29) is 30.8 Å². The monoisotopic (exact) mass is 255 g/mol. The first kappa shape index (κ1) is 12.9. The second-order valence-corrected chi connectivity index (χ2v) is 4.44. The van der Waals surface area contributed by atoms with Crippen molar-refractivity contribution in [1.82, 2.24) is 4.90 Å². The van der Waals surface area contributed by atoms with Crippen molar-refractivity contribution in [2.24, 2.45) is 0 Å². The number of nitrogens with zero attached hydrogens (tertiary/aromatic N) is 1. The number of halogens is 1. The molecule has 0 saturated carbocycles. The van der Waals surface area contributed by atoms with E-state index in [4.69, 9.17) is 5.11 Å². The largest absolute Gasteiger partial charge is 0.478 e. The molecule has 1 fully saturated rings. The van der Waals surface area contributed by atoms with Crippen molar-refractivity contribution in [3.63, 3.8) is 0 Å². The summed E-state index contributed by atoms with van der Waals surface area (Å²) in [5.74, 6) is -1.60. The van der Waals surface area contributed by atoms with Crippen LogP contribution in [0.5, 0.6) is 0 Å². The molecule has 1 aromatic rings. The number of hydrogen-bond acceptors (Lipinski definition) is 4. The Morgan fingerprint density at radius 2 is 1.94 bits per heavy atom. The van der Waals surface area contributed by atoms with E-state index in [1.807, 2.05) is 0 Å². The fourth-order valence-corrected chi connectivity index (χ4v) is 2.05. The molecule has 0 bridgehead atoms. The number of rotatable bonds is 3. The van der Waals surface area contributed by atoms with Crippen molar-refractivity contribution in [2.45, 2.75) is 18.8 Å². The number of aliphatic hydroxyl groups excluding tert-OH is 2. The Kier molecular flexibility index (Phi) is 3.60. The smallest absolute Gasteiger partial charge is 0.335 e. The van der Waals surface area contributed by atoms with Crippen molar-refractivity contribution in [3.05, 3.63) is 35.1 Å². The summed E-state index contributed by atoms with van der Waals surface area (Å²) in [6.45, 7) is 0.664. The Labute approximate surface area is 103 Å². The van der Waals surface area contributed by atoms with Crippen LogP contribution in [0.4, 0.5) is 4.39 Å². The zero-order chi connectivity index (χ0) is 13.3. The van der Waals surface area contributed by atoms with Gasteiger partial charge in [0.05, 0.1) is 17.8 Å². The van der Waals surface area contributed by atoms with Crippen LogP contribution in [0, 0.1) is 5.82 Å². The molecule has 3 N–H and O–H groups in total. The first-order valence-corrected chi connectivity index (χ1v) is 5.57. The van der Waals surface area contributed by atoms with Crippen molar-refractivity contribution in [1.29, 1.82) is 0 Å². The number of hydrogen-bond donors (Lipinski definition) is 3. The highest BCUT2D eigenvalue weighted by Crippen LogP contribution is 2.17. The molecule has 0 spiro atoms. The van der Waals surface area contributed by atoms with Crippen LogP contribution in [0.2, 0.25) is 0 Å². The number of benzene rings is 1. The Morgan fingerprint density at radius 1 is 1.33 bits per heavy atom. The Morgan fingerprint density at radius 3 is 2.50 bits per heavy atom. The van der Waals surface area contributed by atoms with Gasteiger partial charge in [-0.3, -0.25) is 4.90 Å². The molecule has 0 aromatic heterocycles. The summed E-state index contributed by atoms with van der Waals surface area (Å²) in [4.78, 5) is 12.5. The van der Waals surface area contributed by atoms with Crippen molar-refractivity contribution < 1.29 is 24.5 Å². The van der Waals surface area contributed by atoms with Gasteiger partial charge in [-0.15, -0.1) is 0 Å². The lowest BCUT2D eigenvalue weighted by Gasteiger charge is -2.15. The number of carbonyl (C=O) groups is 1. The van der Waals surface area contributed by atoms with E-state index in [1.54, 1.807) is 4.90 Å². The van der Waals surface area contributed by atoms with E-state index in [0.29, 0.717) is 0 Å². The number of carboxylic acids is 1. The van der Waals surface area contributed by atoms with Gasteiger partial charge in [-0.1, -0.05) is 0 Å². The highest BCUT2D eigenvalue weighted by atomic mass is 19.1. The first-order chi connectivity index (χ1) is 8.47.